The molecule has 0 radical (unpaired) electrons. The third-order valence-electron chi connectivity index (χ3n) is 6.14. The molecule has 0 saturated heterocycles. The third kappa shape index (κ3) is 5.25. The minimum Gasteiger partial charge on any atom is -0.493 e. The van der Waals surface area contributed by atoms with Gasteiger partial charge in [0.25, 0.3) is 0 Å². The van der Waals surface area contributed by atoms with E-state index < -0.39 is 11.7 Å². The number of nitrogens with zero attached hydrogens (tertiary/aromatic N) is 1. The fourth-order valence-corrected chi connectivity index (χ4v) is 4.46. The maximum atomic E-state index is 13.8. The predicted octanol–water partition coefficient (Wildman–Crippen LogP) is 8.13. The first-order chi connectivity index (χ1) is 17.5. The van der Waals surface area contributed by atoms with E-state index in [1.165, 1.54) is 11.6 Å². The number of aromatic nitrogens is 1. The van der Waals surface area contributed by atoms with Crippen molar-refractivity contribution in [1.29, 1.82) is 0 Å². The van der Waals surface area contributed by atoms with Gasteiger partial charge < -0.3 is 4.74 Å². The van der Waals surface area contributed by atoms with Crippen LogP contribution in [0.2, 0.25) is 0 Å². The fourth-order valence-electron chi connectivity index (χ4n) is 4.46. The highest BCUT2D eigenvalue weighted by molar-refractivity contribution is 5.98. The Balaban J connectivity index is 1.56. The molecule has 0 atom stereocenters. The van der Waals surface area contributed by atoms with Crippen molar-refractivity contribution in [1.82, 2.24) is 4.98 Å². The molecule has 0 amide bonds. The minimum absolute atomic E-state index is 0.0489. The molecule has 1 aromatic heterocycles. The Labute approximate surface area is 208 Å². The van der Waals surface area contributed by atoms with Crippen LogP contribution in [-0.4, -0.2) is 11.6 Å². The Morgan fingerprint density at radius 2 is 1.42 bits per heavy atom. The highest BCUT2D eigenvalue weighted by Crippen LogP contribution is 2.39. The van der Waals surface area contributed by atoms with Gasteiger partial charge in [0.2, 0.25) is 0 Å². The first kappa shape index (κ1) is 23.6. The number of fused-ring (bicyclic) bond motifs is 1. The van der Waals surface area contributed by atoms with E-state index >= 15 is 0 Å². The van der Waals surface area contributed by atoms with Gasteiger partial charge in [-0.1, -0.05) is 84.9 Å². The predicted molar refractivity (Wildman–Crippen MR) is 137 cm³/mol. The maximum absolute atomic E-state index is 13.8. The first-order valence-corrected chi connectivity index (χ1v) is 11.8. The Bertz CT molecular complexity index is 1460. The molecule has 5 rings (SSSR count). The van der Waals surface area contributed by atoms with Gasteiger partial charge in [-0.15, -0.1) is 0 Å². The monoisotopic (exact) mass is 483 g/mol. The van der Waals surface area contributed by atoms with Gasteiger partial charge in [-0.3, -0.25) is 4.98 Å². The zero-order chi connectivity index (χ0) is 25.0. The Kier molecular flexibility index (Phi) is 6.72. The molecule has 2 nitrogen and oxygen atoms in total. The van der Waals surface area contributed by atoms with Crippen molar-refractivity contribution in [3.05, 3.63) is 132 Å². The third-order valence-corrected chi connectivity index (χ3v) is 6.14. The zero-order valence-corrected chi connectivity index (χ0v) is 19.5. The normalized spacial score (nSPS) is 11.5. The summed E-state index contributed by atoms with van der Waals surface area (Å²) in [7, 11) is 0. The second-order valence-corrected chi connectivity index (χ2v) is 8.63. The van der Waals surface area contributed by atoms with Crippen molar-refractivity contribution in [3.63, 3.8) is 0 Å². The van der Waals surface area contributed by atoms with Crippen LogP contribution in [0, 0.1) is 0 Å². The molecule has 0 aliphatic carbocycles. The fraction of sp³-hybridized carbons (Fsp3) is 0.129. The Morgan fingerprint density at radius 1 is 0.722 bits per heavy atom. The molecular formula is C31H24F3NO. The van der Waals surface area contributed by atoms with E-state index in [1.807, 2.05) is 72.8 Å². The standard InChI is InChI=1S/C31H24F3NO/c32-31(33,34)28-16-8-15-27-29(25(21-35-30(27)28)19-23-11-5-2-6-12-23)24-13-7-14-26(20-24)36-18-17-22-9-3-1-4-10-22/h1-16,20-21H,17-19H2. The Hall–Kier alpha value is -4.12. The highest BCUT2D eigenvalue weighted by Gasteiger charge is 2.33. The van der Waals surface area contributed by atoms with Crippen molar-refractivity contribution in [2.45, 2.75) is 19.0 Å². The van der Waals surface area contributed by atoms with Crippen LogP contribution in [0.25, 0.3) is 22.0 Å². The van der Waals surface area contributed by atoms with E-state index in [9.17, 15) is 13.2 Å². The summed E-state index contributed by atoms with van der Waals surface area (Å²) >= 11 is 0. The van der Waals surface area contributed by atoms with Gasteiger partial charge in [0, 0.05) is 18.0 Å². The molecule has 36 heavy (non-hydrogen) atoms. The average molecular weight is 484 g/mol. The number of halogens is 3. The minimum atomic E-state index is -4.49. The van der Waals surface area contributed by atoms with Crippen molar-refractivity contribution in [2.24, 2.45) is 0 Å². The molecule has 0 N–H and O–H groups in total. The maximum Gasteiger partial charge on any atom is 0.418 e. The quantitative estimate of drug-likeness (QED) is 0.233. The second kappa shape index (κ2) is 10.2. The van der Waals surface area contributed by atoms with E-state index in [2.05, 4.69) is 17.1 Å². The Morgan fingerprint density at radius 3 is 2.14 bits per heavy atom. The summed E-state index contributed by atoms with van der Waals surface area (Å²) in [6, 6.07) is 31.7. The molecule has 0 unspecified atom stereocenters. The van der Waals surface area contributed by atoms with Crippen LogP contribution < -0.4 is 4.74 Å². The molecule has 0 fully saturated rings. The molecule has 4 aromatic carbocycles. The van der Waals surface area contributed by atoms with Gasteiger partial charge >= 0.3 is 6.18 Å². The number of rotatable bonds is 7. The average Bonchev–Trinajstić information content (AvgIpc) is 2.89. The van der Waals surface area contributed by atoms with Gasteiger partial charge in [0.15, 0.2) is 0 Å². The SMILES string of the molecule is FC(F)(F)c1cccc2c(-c3cccc(OCCc4ccccc4)c3)c(Cc3ccccc3)cnc12. The topological polar surface area (TPSA) is 22.1 Å². The van der Waals surface area contributed by atoms with Gasteiger partial charge in [-0.05, 0) is 52.4 Å². The van der Waals surface area contributed by atoms with E-state index in [4.69, 9.17) is 4.74 Å². The van der Waals surface area contributed by atoms with Gasteiger partial charge in [-0.25, -0.2) is 0 Å². The number of benzene rings is 4. The first-order valence-electron chi connectivity index (χ1n) is 11.8. The van der Waals surface area contributed by atoms with Crippen LogP contribution in [-0.2, 0) is 19.0 Å². The molecular weight excluding hydrogens is 459 g/mol. The summed E-state index contributed by atoms with van der Waals surface area (Å²) < 4.78 is 47.4. The van der Waals surface area contributed by atoms with Gasteiger partial charge in [-0.2, -0.15) is 13.2 Å². The highest BCUT2D eigenvalue weighted by atomic mass is 19.4. The van der Waals surface area contributed by atoms with E-state index in [1.54, 1.807) is 12.3 Å². The summed E-state index contributed by atoms with van der Waals surface area (Å²) in [4.78, 5) is 4.28. The molecule has 1 heterocycles. The van der Waals surface area contributed by atoms with Crippen LogP contribution in [0.4, 0.5) is 13.2 Å². The molecule has 180 valence electrons. The zero-order valence-electron chi connectivity index (χ0n) is 19.5. The number of pyridine rings is 1. The summed E-state index contributed by atoms with van der Waals surface area (Å²) in [5, 5.41) is 0.472. The lowest BCUT2D eigenvalue weighted by atomic mass is 9.92. The molecule has 0 spiro atoms. The number of alkyl halides is 3. The number of para-hydroxylation sites is 1. The number of hydrogen-bond donors (Lipinski definition) is 0. The van der Waals surface area contributed by atoms with Crippen LogP contribution in [0.3, 0.4) is 0 Å². The summed E-state index contributed by atoms with van der Waals surface area (Å²) in [6.45, 7) is 0.500. The molecule has 5 heteroatoms. The van der Waals surface area contributed by atoms with E-state index in [0.29, 0.717) is 24.2 Å². The lowest BCUT2D eigenvalue weighted by molar-refractivity contribution is -0.136. The second-order valence-electron chi connectivity index (χ2n) is 8.63. The summed E-state index contributed by atoms with van der Waals surface area (Å²) in [5.41, 5.74) is 3.85. The van der Waals surface area contributed by atoms with Crippen LogP contribution in [0.1, 0.15) is 22.3 Å². The van der Waals surface area contributed by atoms with Crippen molar-refractivity contribution in [3.8, 4) is 16.9 Å². The number of ether oxygens (including phenoxy) is 1. The van der Waals surface area contributed by atoms with Crippen molar-refractivity contribution in [2.75, 3.05) is 6.61 Å². The molecule has 0 aliphatic heterocycles. The van der Waals surface area contributed by atoms with Crippen LogP contribution in [0.15, 0.2) is 109 Å². The molecule has 5 aromatic rings. The lowest BCUT2D eigenvalue weighted by Gasteiger charge is -2.17. The summed E-state index contributed by atoms with van der Waals surface area (Å²) in [5.74, 6) is 0.672. The van der Waals surface area contributed by atoms with Crippen molar-refractivity contribution < 1.29 is 17.9 Å². The van der Waals surface area contributed by atoms with Crippen molar-refractivity contribution >= 4 is 10.9 Å². The lowest BCUT2D eigenvalue weighted by Crippen LogP contribution is -2.07. The van der Waals surface area contributed by atoms with Crippen LogP contribution >= 0.6 is 0 Å². The smallest absolute Gasteiger partial charge is 0.418 e. The largest absolute Gasteiger partial charge is 0.493 e. The molecule has 0 saturated carbocycles. The van der Waals surface area contributed by atoms with Gasteiger partial charge in [0.05, 0.1) is 17.7 Å². The van der Waals surface area contributed by atoms with E-state index in [-0.39, 0.29) is 5.52 Å². The summed E-state index contributed by atoms with van der Waals surface area (Å²) in [6.07, 6.45) is -1.61. The van der Waals surface area contributed by atoms with Gasteiger partial charge in [0.1, 0.15) is 5.75 Å². The van der Waals surface area contributed by atoms with E-state index in [0.717, 1.165) is 34.7 Å². The molecule has 0 aliphatic rings. The molecule has 0 bridgehead atoms. The van der Waals surface area contributed by atoms with Crippen LogP contribution in [0.5, 0.6) is 5.75 Å². The number of hydrogen-bond acceptors (Lipinski definition) is 2.